The first-order chi connectivity index (χ1) is 12.3. The van der Waals surface area contributed by atoms with Crippen molar-refractivity contribution in [1.29, 1.82) is 0 Å². The second-order valence-electron chi connectivity index (χ2n) is 6.58. The summed E-state index contributed by atoms with van der Waals surface area (Å²) in [5.41, 5.74) is 1.53. The Balaban J connectivity index is 1.49. The number of benzene rings is 1. The lowest BCUT2D eigenvalue weighted by molar-refractivity contribution is 0.610. The standard InChI is InChI=1S/C19H18ClN3S2/c20-12-5-7-13(8-6-12)24-11-16-21-18(23-9-2-10-23)17-14-3-1-4-15(14)25-19(17)22-16/h5-8H,1-4,9-11H2. The summed E-state index contributed by atoms with van der Waals surface area (Å²) < 4.78 is 0. The molecule has 1 aliphatic heterocycles. The van der Waals surface area contributed by atoms with E-state index in [-0.39, 0.29) is 0 Å². The van der Waals surface area contributed by atoms with Crippen LogP contribution in [-0.2, 0) is 18.6 Å². The molecule has 1 fully saturated rings. The molecule has 1 aromatic carbocycles. The zero-order valence-electron chi connectivity index (χ0n) is 13.8. The normalized spacial score (nSPS) is 16.3. The van der Waals surface area contributed by atoms with Gasteiger partial charge in [0.05, 0.1) is 11.1 Å². The van der Waals surface area contributed by atoms with E-state index >= 15 is 0 Å². The van der Waals surface area contributed by atoms with Crippen LogP contribution in [0.2, 0.25) is 5.02 Å². The molecule has 1 saturated heterocycles. The van der Waals surface area contributed by atoms with Crippen molar-refractivity contribution >= 4 is 50.7 Å². The maximum atomic E-state index is 5.97. The fourth-order valence-electron chi connectivity index (χ4n) is 3.52. The highest BCUT2D eigenvalue weighted by Crippen LogP contribution is 2.41. The van der Waals surface area contributed by atoms with Gasteiger partial charge in [0.25, 0.3) is 0 Å². The average Bonchev–Trinajstić information content (AvgIpc) is 3.13. The Bertz CT molecular complexity index is 932. The van der Waals surface area contributed by atoms with Gasteiger partial charge in [-0.2, -0.15) is 0 Å². The molecule has 1 aliphatic carbocycles. The molecule has 3 nitrogen and oxygen atoms in total. The Morgan fingerprint density at radius 3 is 2.68 bits per heavy atom. The highest BCUT2D eigenvalue weighted by atomic mass is 35.5. The van der Waals surface area contributed by atoms with Crippen molar-refractivity contribution in [1.82, 2.24) is 9.97 Å². The molecule has 5 rings (SSSR count). The van der Waals surface area contributed by atoms with Crippen molar-refractivity contribution in [3.63, 3.8) is 0 Å². The minimum absolute atomic E-state index is 0.773. The van der Waals surface area contributed by atoms with E-state index in [4.69, 9.17) is 21.6 Å². The quantitative estimate of drug-likeness (QED) is 0.565. The molecule has 0 bridgehead atoms. The maximum Gasteiger partial charge on any atom is 0.142 e. The summed E-state index contributed by atoms with van der Waals surface area (Å²) in [4.78, 5) is 16.2. The first kappa shape index (κ1) is 15.9. The molecule has 0 spiro atoms. The minimum Gasteiger partial charge on any atom is -0.356 e. The SMILES string of the molecule is Clc1ccc(SCc2nc(N3CCC3)c3c4c(sc3n2)CCC4)cc1. The van der Waals surface area contributed by atoms with Crippen molar-refractivity contribution in [3.8, 4) is 0 Å². The van der Waals surface area contributed by atoms with Gasteiger partial charge in [-0.05, 0) is 55.5 Å². The number of hydrogen-bond acceptors (Lipinski definition) is 5. The number of halogens is 1. The lowest BCUT2D eigenvalue weighted by Crippen LogP contribution is -2.38. The van der Waals surface area contributed by atoms with E-state index in [0.29, 0.717) is 0 Å². The van der Waals surface area contributed by atoms with E-state index in [1.807, 2.05) is 23.5 Å². The highest BCUT2D eigenvalue weighted by Gasteiger charge is 2.26. The molecule has 0 saturated carbocycles. The van der Waals surface area contributed by atoms with Crippen molar-refractivity contribution in [2.45, 2.75) is 36.3 Å². The van der Waals surface area contributed by atoms with Crippen LogP contribution in [0.5, 0.6) is 0 Å². The molecular formula is C19H18ClN3S2. The summed E-state index contributed by atoms with van der Waals surface area (Å²) in [5.74, 6) is 2.91. The number of thiophene rings is 1. The summed E-state index contributed by atoms with van der Waals surface area (Å²) in [6.45, 7) is 2.25. The number of nitrogens with zero attached hydrogens (tertiary/aromatic N) is 3. The average molecular weight is 388 g/mol. The van der Waals surface area contributed by atoms with Gasteiger partial charge >= 0.3 is 0 Å². The molecule has 25 heavy (non-hydrogen) atoms. The predicted octanol–water partition coefficient (Wildman–Crippen LogP) is 5.34. The van der Waals surface area contributed by atoms with E-state index in [1.54, 1.807) is 11.8 Å². The van der Waals surface area contributed by atoms with Crippen LogP contribution in [-0.4, -0.2) is 23.1 Å². The van der Waals surface area contributed by atoms with E-state index in [0.717, 1.165) is 29.7 Å². The molecular weight excluding hydrogens is 370 g/mol. The van der Waals surface area contributed by atoms with Gasteiger partial charge in [-0.1, -0.05) is 11.6 Å². The smallest absolute Gasteiger partial charge is 0.142 e. The molecule has 2 aromatic heterocycles. The Morgan fingerprint density at radius 2 is 1.92 bits per heavy atom. The summed E-state index contributed by atoms with van der Waals surface area (Å²) in [6.07, 6.45) is 4.96. The highest BCUT2D eigenvalue weighted by molar-refractivity contribution is 7.98. The molecule has 0 N–H and O–H groups in total. The van der Waals surface area contributed by atoms with Crippen molar-refractivity contribution in [3.05, 3.63) is 45.6 Å². The number of hydrogen-bond donors (Lipinski definition) is 0. The van der Waals surface area contributed by atoms with Gasteiger partial charge in [0.15, 0.2) is 0 Å². The second kappa shape index (κ2) is 6.45. The number of fused-ring (bicyclic) bond motifs is 3. The fraction of sp³-hybridized carbons (Fsp3) is 0.368. The molecule has 3 heterocycles. The van der Waals surface area contributed by atoms with Crippen LogP contribution in [0.4, 0.5) is 5.82 Å². The van der Waals surface area contributed by atoms with Crippen molar-refractivity contribution in [2.75, 3.05) is 18.0 Å². The topological polar surface area (TPSA) is 29.0 Å². The largest absolute Gasteiger partial charge is 0.356 e. The van der Waals surface area contributed by atoms with Gasteiger partial charge in [-0.25, -0.2) is 9.97 Å². The number of anilines is 1. The Hall–Kier alpha value is -1.30. The molecule has 0 radical (unpaired) electrons. The Labute approximate surface area is 160 Å². The molecule has 0 amide bonds. The summed E-state index contributed by atoms with van der Waals surface area (Å²) in [5, 5.41) is 2.12. The monoisotopic (exact) mass is 387 g/mol. The van der Waals surface area contributed by atoms with Gasteiger partial charge in [-0.15, -0.1) is 23.1 Å². The molecule has 3 aromatic rings. The molecule has 6 heteroatoms. The first-order valence-corrected chi connectivity index (χ1v) is 10.9. The first-order valence-electron chi connectivity index (χ1n) is 8.72. The number of aryl methyl sites for hydroxylation is 2. The lowest BCUT2D eigenvalue weighted by atomic mass is 10.1. The third kappa shape index (κ3) is 2.92. The van der Waals surface area contributed by atoms with Gasteiger partial charge in [0.1, 0.15) is 16.5 Å². The van der Waals surface area contributed by atoms with E-state index in [9.17, 15) is 0 Å². The van der Waals surface area contributed by atoms with E-state index in [2.05, 4.69) is 17.0 Å². The van der Waals surface area contributed by atoms with Crippen LogP contribution in [0.3, 0.4) is 0 Å². The number of aromatic nitrogens is 2. The number of thioether (sulfide) groups is 1. The summed E-state index contributed by atoms with van der Waals surface area (Å²) in [6, 6.07) is 7.98. The molecule has 0 unspecified atom stereocenters. The third-order valence-corrected chi connectivity index (χ3v) is 7.37. The molecule has 0 atom stereocenters. The van der Waals surface area contributed by atoms with Gasteiger partial charge < -0.3 is 4.90 Å². The van der Waals surface area contributed by atoms with Crippen LogP contribution in [0.15, 0.2) is 29.2 Å². The summed E-state index contributed by atoms with van der Waals surface area (Å²) in [7, 11) is 0. The maximum absolute atomic E-state index is 5.97. The van der Waals surface area contributed by atoms with Crippen LogP contribution in [0.1, 0.15) is 29.1 Å². The Kier molecular flexibility index (Phi) is 4.11. The van der Waals surface area contributed by atoms with Crippen LogP contribution < -0.4 is 4.90 Å². The van der Waals surface area contributed by atoms with Crippen LogP contribution >= 0.6 is 34.7 Å². The van der Waals surface area contributed by atoms with Crippen molar-refractivity contribution < 1.29 is 0 Å². The minimum atomic E-state index is 0.773. The zero-order valence-corrected chi connectivity index (χ0v) is 16.2. The molecule has 128 valence electrons. The van der Waals surface area contributed by atoms with Gasteiger partial charge in [-0.3, -0.25) is 0 Å². The summed E-state index contributed by atoms with van der Waals surface area (Å²) >= 11 is 9.63. The molecule has 2 aliphatic rings. The third-order valence-electron chi connectivity index (χ3n) is 4.93. The number of rotatable bonds is 4. The predicted molar refractivity (Wildman–Crippen MR) is 107 cm³/mol. The van der Waals surface area contributed by atoms with Gasteiger partial charge in [0, 0.05) is 27.9 Å². The van der Waals surface area contributed by atoms with Crippen LogP contribution in [0, 0.1) is 0 Å². The lowest BCUT2D eigenvalue weighted by Gasteiger charge is -2.32. The fourth-order valence-corrected chi connectivity index (χ4v) is 5.67. The van der Waals surface area contributed by atoms with Crippen molar-refractivity contribution in [2.24, 2.45) is 0 Å². The Morgan fingerprint density at radius 1 is 1.08 bits per heavy atom. The second-order valence-corrected chi connectivity index (χ2v) is 9.15. The van der Waals surface area contributed by atoms with Crippen LogP contribution in [0.25, 0.3) is 10.2 Å². The zero-order chi connectivity index (χ0) is 16.8. The van der Waals surface area contributed by atoms with Gasteiger partial charge in [0.2, 0.25) is 0 Å². The van der Waals surface area contributed by atoms with E-state index in [1.165, 1.54) is 57.1 Å². The van der Waals surface area contributed by atoms with E-state index < -0.39 is 0 Å².